The van der Waals surface area contributed by atoms with Crippen LogP contribution >= 0.6 is 0 Å². The lowest BCUT2D eigenvalue weighted by Gasteiger charge is -2.15. The van der Waals surface area contributed by atoms with E-state index in [1.165, 1.54) is 12.8 Å². The van der Waals surface area contributed by atoms with Crippen molar-refractivity contribution in [2.75, 3.05) is 18.4 Å². The highest BCUT2D eigenvalue weighted by Crippen LogP contribution is 2.48. The SMILES string of the molecule is NCCC1(CNc2nccn(C3CC3)c2=O)CC1. The number of hydrogen-bond acceptors (Lipinski definition) is 4. The summed E-state index contributed by atoms with van der Waals surface area (Å²) in [5.74, 6) is 0.493. The lowest BCUT2D eigenvalue weighted by molar-refractivity contribution is 0.500. The highest BCUT2D eigenvalue weighted by Gasteiger charge is 2.41. The molecule has 0 bridgehead atoms. The van der Waals surface area contributed by atoms with Crippen LogP contribution < -0.4 is 16.6 Å². The largest absolute Gasteiger partial charge is 0.365 e. The van der Waals surface area contributed by atoms with E-state index in [9.17, 15) is 4.79 Å². The van der Waals surface area contributed by atoms with Gasteiger partial charge in [0.1, 0.15) is 0 Å². The van der Waals surface area contributed by atoms with Crippen LogP contribution in [0.2, 0.25) is 0 Å². The van der Waals surface area contributed by atoms with Crippen LogP contribution in [0, 0.1) is 5.41 Å². The molecule has 0 atom stereocenters. The lowest BCUT2D eigenvalue weighted by atomic mass is 10.0. The van der Waals surface area contributed by atoms with Crippen molar-refractivity contribution in [1.82, 2.24) is 9.55 Å². The third kappa shape index (κ3) is 2.27. The number of hydrogen-bond donors (Lipinski definition) is 2. The number of rotatable bonds is 6. The first-order chi connectivity index (χ1) is 8.74. The van der Waals surface area contributed by atoms with Crippen molar-refractivity contribution in [3.05, 3.63) is 22.7 Å². The summed E-state index contributed by atoms with van der Waals surface area (Å²) >= 11 is 0. The van der Waals surface area contributed by atoms with Crippen molar-refractivity contribution in [2.45, 2.75) is 38.1 Å². The monoisotopic (exact) mass is 248 g/mol. The average Bonchev–Trinajstić information content (AvgIpc) is 3.24. The highest BCUT2D eigenvalue weighted by molar-refractivity contribution is 5.32. The van der Waals surface area contributed by atoms with Crippen molar-refractivity contribution in [3.8, 4) is 0 Å². The Bertz CT molecular complexity index is 488. The molecule has 5 nitrogen and oxygen atoms in total. The predicted octanol–water partition coefficient (Wildman–Crippen LogP) is 1.12. The summed E-state index contributed by atoms with van der Waals surface area (Å²) in [6, 6.07) is 0.403. The maximum Gasteiger partial charge on any atom is 0.293 e. The standard InChI is InChI=1S/C13H20N4O/c14-6-5-13(3-4-13)9-16-11-12(18)17(8-7-15-11)10-1-2-10/h7-8,10H,1-6,9,14H2,(H,15,16). The van der Waals surface area contributed by atoms with Crippen LogP contribution in [-0.4, -0.2) is 22.6 Å². The van der Waals surface area contributed by atoms with Gasteiger partial charge in [0.25, 0.3) is 5.56 Å². The van der Waals surface area contributed by atoms with Gasteiger partial charge in [-0.1, -0.05) is 0 Å². The molecule has 1 aromatic rings. The lowest BCUT2D eigenvalue weighted by Crippen LogP contribution is -2.27. The molecule has 0 aliphatic heterocycles. The second kappa shape index (κ2) is 4.39. The van der Waals surface area contributed by atoms with Crippen LogP contribution in [0.3, 0.4) is 0 Å². The first-order valence-electron chi connectivity index (χ1n) is 6.75. The van der Waals surface area contributed by atoms with E-state index in [0.29, 0.717) is 17.3 Å². The van der Waals surface area contributed by atoms with Crippen molar-refractivity contribution in [1.29, 1.82) is 0 Å². The topological polar surface area (TPSA) is 72.9 Å². The second-order valence-corrected chi connectivity index (χ2v) is 5.61. The molecule has 98 valence electrons. The molecular formula is C13H20N4O. The summed E-state index contributed by atoms with van der Waals surface area (Å²) in [5, 5.41) is 3.22. The Morgan fingerprint density at radius 3 is 2.89 bits per heavy atom. The minimum atomic E-state index is 0.0172. The molecule has 0 spiro atoms. The molecule has 5 heteroatoms. The van der Waals surface area contributed by atoms with Crippen LogP contribution in [-0.2, 0) is 0 Å². The van der Waals surface area contributed by atoms with Gasteiger partial charge >= 0.3 is 0 Å². The predicted molar refractivity (Wildman–Crippen MR) is 70.6 cm³/mol. The molecule has 2 fully saturated rings. The summed E-state index contributed by atoms with van der Waals surface area (Å²) < 4.78 is 1.80. The van der Waals surface area contributed by atoms with E-state index in [4.69, 9.17) is 5.73 Å². The van der Waals surface area contributed by atoms with E-state index in [1.807, 2.05) is 0 Å². The smallest absolute Gasteiger partial charge is 0.293 e. The minimum absolute atomic E-state index is 0.0172. The molecule has 0 amide bonds. The Morgan fingerprint density at radius 2 is 2.28 bits per heavy atom. The molecule has 18 heavy (non-hydrogen) atoms. The highest BCUT2D eigenvalue weighted by atomic mass is 16.1. The van der Waals surface area contributed by atoms with Crippen LogP contribution in [0.25, 0.3) is 0 Å². The summed E-state index contributed by atoms with van der Waals surface area (Å²) in [6.07, 6.45) is 9.18. The molecule has 0 unspecified atom stereocenters. The van der Waals surface area contributed by atoms with Gasteiger partial charge in [-0.3, -0.25) is 4.79 Å². The zero-order valence-electron chi connectivity index (χ0n) is 10.6. The van der Waals surface area contributed by atoms with E-state index in [2.05, 4.69) is 10.3 Å². The number of aromatic nitrogens is 2. The maximum atomic E-state index is 12.2. The Balaban J connectivity index is 1.69. The molecule has 3 rings (SSSR count). The van der Waals surface area contributed by atoms with Crippen molar-refractivity contribution in [3.63, 3.8) is 0 Å². The number of nitrogens with two attached hydrogens (primary N) is 1. The Kier molecular flexibility index (Phi) is 2.86. The van der Waals surface area contributed by atoms with Gasteiger partial charge in [0.15, 0.2) is 5.82 Å². The molecule has 0 saturated heterocycles. The Labute approximate surface area is 106 Å². The van der Waals surface area contributed by atoms with Crippen LogP contribution in [0.1, 0.15) is 38.1 Å². The first-order valence-corrected chi connectivity index (χ1v) is 6.75. The Hall–Kier alpha value is -1.36. The number of nitrogens with one attached hydrogen (secondary N) is 1. The van der Waals surface area contributed by atoms with Gasteiger partial charge in [-0.2, -0.15) is 0 Å². The fraction of sp³-hybridized carbons (Fsp3) is 0.692. The van der Waals surface area contributed by atoms with Crippen LogP contribution in [0.5, 0.6) is 0 Å². The number of nitrogens with zero attached hydrogens (tertiary/aromatic N) is 2. The van der Waals surface area contributed by atoms with Gasteiger partial charge in [0, 0.05) is 25.0 Å². The first kappa shape index (κ1) is 11.7. The molecule has 0 radical (unpaired) electrons. The molecular weight excluding hydrogens is 228 g/mol. The van der Waals surface area contributed by atoms with Gasteiger partial charge in [-0.05, 0) is 44.1 Å². The van der Waals surface area contributed by atoms with Gasteiger partial charge in [0.2, 0.25) is 0 Å². The van der Waals surface area contributed by atoms with Crippen molar-refractivity contribution >= 4 is 5.82 Å². The van der Waals surface area contributed by atoms with Crippen molar-refractivity contribution in [2.24, 2.45) is 11.1 Å². The van der Waals surface area contributed by atoms with E-state index in [-0.39, 0.29) is 5.56 Å². The van der Waals surface area contributed by atoms with Gasteiger partial charge in [-0.25, -0.2) is 4.98 Å². The zero-order chi connectivity index (χ0) is 12.6. The summed E-state index contributed by atoms with van der Waals surface area (Å²) in [6.45, 7) is 1.54. The number of anilines is 1. The minimum Gasteiger partial charge on any atom is -0.365 e. The quantitative estimate of drug-likeness (QED) is 0.791. The summed E-state index contributed by atoms with van der Waals surface area (Å²) in [5.41, 5.74) is 5.96. The molecule has 2 saturated carbocycles. The third-order valence-corrected chi connectivity index (χ3v) is 4.07. The van der Waals surface area contributed by atoms with Crippen LogP contribution in [0.15, 0.2) is 17.2 Å². The van der Waals surface area contributed by atoms with Gasteiger partial charge in [0.05, 0.1) is 0 Å². The van der Waals surface area contributed by atoms with Gasteiger partial charge in [-0.15, -0.1) is 0 Å². The molecule has 3 N–H and O–H groups in total. The summed E-state index contributed by atoms with van der Waals surface area (Å²) in [7, 11) is 0. The second-order valence-electron chi connectivity index (χ2n) is 5.61. The molecule has 0 aromatic carbocycles. The average molecular weight is 248 g/mol. The van der Waals surface area contributed by atoms with Crippen LogP contribution in [0.4, 0.5) is 5.82 Å². The van der Waals surface area contributed by atoms with E-state index in [0.717, 1.165) is 32.4 Å². The normalized spacial score (nSPS) is 20.7. The molecule has 2 aliphatic rings. The molecule has 1 heterocycles. The molecule has 1 aromatic heterocycles. The molecule has 2 aliphatic carbocycles. The van der Waals surface area contributed by atoms with E-state index < -0.39 is 0 Å². The van der Waals surface area contributed by atoms with Gasteiger partial charge < -0.3 is 15.6 Å². The summed E-state index contributed by atoms with van der Waals surface area (Å²) in [4.78, 5) is 16.3. The van der Waals surface area contributed by atoms with E-state index in [1.54, 1.807) is 17.0 Å². The van der Waals surface area contributed by atoms with Crippen molar-refractivity contribution < 1.29 is 0 Å². The fourth-order valence-electron chi connectivity index (χ4n) is 2.46. The fourth-order valence-corrected chi connectivity index (χ4v) is 2.46. The maximum absolute atomic E-state index is 12.2. The Morgan fingerprint density at radius 1 is 1.50 bits per heavy atom. The third-order valence-electron chi connectivity index (χ3n) is 4.07. The van der Waals surface area contributed by atoms with E-state index >= 15 is 0 Å². The zero-order valence-corrected chi connectivity index (χ0v) is 10.6.